The van der Waals surface area contributed by atoms with Crippen molar-refractivity contribution in [2.24, 2.45) is 0 Å². The third-order valence-electron chi connectivity index (χ3n) is 5.44. The number of thiophene rings is 1. The number of carbonyl (C=O) groups excluding carboxylic acids is 1. The summed E-state index contributed by atoms with van der Waals surface area (Å²) in [5, 5.41) is 2.15. The van der Waals surface area contributed by atoms with Gasteiger partial charge < -0.3 is 9.64 Å². The molecule has 1 saturated heterocycles. The summed E-state index contributed by atoms with van der Waals surface area (Å²) in [4.78, 5) is 18.4. The molecule has 150 valence electrons. The van der Waals surface area contributed by atoms with Crippen LogP contribution in [0.2, 0.25) is 0 Å². The van der Waals surface area contributed by atoms with Gasteiger partial charge in [0.2, 0.25) is 0 Å². The molecule has 2 aliphatic rings. The normalized spacial score (nSPS) is 18.8. The first-order valence-corrected chi connectivity index (χ1v) is 10.2. The molecular weight excluding hydrogens is 389 g/mol. The molecule has 1 aromatic carbocycles. The van der Waals surface area contributed by atoms with Crippen LogP contribution in [0, 0.1) is 0 Å². The average Bonchev–Trinajstić information content (AvgIpc) is 3.15. The second kappa shape index (κ2) is 7.75. The van der Waals surface area contributed by atoms with E-state index in [4.69, 9.17) is 0 Å². The van der Waals surface area contributed by atoms with Crippen LogP contribution in [0.5, 0.6) is 5.75 Å². The van der Waals surface area contributed by atoms with Crippen molar-refractivity contribution in [1.29, 1.82) is 0 Å². The standard InChI is InChI=1S/C20H21F3N2O2S/c21-20(22,23)27-17-3-1-14(2-4-17)19(26)24-9-5-16(6-10-24)25-11-7-18-15(13-25)8-12-28-18/h1-4,8,12,16H,5-7,9-11,13H2. The van der Waals surface area contributed by atoms with Crippen molar-refractivity contribution < 1.29 is 22.7 Å². The lowest BCUT2D eigenvalue weighted by Gasteiger charge is -2.40. The Bertz CT molecular complexity index is 827. The molecule has 28 heavy (non-hydrogen) atoms. The number of hydrogen-bond acceptors (Lipinski definition) is 4. The Morgan fingerprint density at radius 1 is 1.07 bits per heavy atom. The van der Waals surface area contributed by atoms with Gasteiger partial charge in [-0.25, -0.2) is 0 Å². The number of alkyl halides is 3. The Hall–Kier alpha value is -2.06. The first kappa shape index (κ1) is 19.3. The Kier molecular flexibility index (Phi) is 5.33. The number of nitrogens with zero attached hydrogens (tertiary/aromatic N) is 2. The molecule has 0 radical (unpaired) electrons. The van der Waals surface area contributed by atoms with E-state index in [0.717, 1.165) is 32.4 Å². The van der Waals surface area contributed by atoms with Crippen molar-refractivity contribution in [2.45, 2.75) is 38.2 Å². The molecule has 3 heterocycles. The highest BCUT2D eigenvalue weighted by Crippen LogP contribution is 2.29. The number of benzene rings is 1. The number of halogens is 3. The van der Waals surface area contributed by atoms with Gasteiger partial charge in [0.15, 0.2) is 0 Å². The smallest absolute Gasteiger partial charge is 0.406 e. The zero-order chi connectivity index (χ0) is 19.7. The molecule has 4 rings (SSSR count). The quantitative estimate of drug-likeness (QED) is 0.756. The molecule has 8 heteroatoms. The SMILES string of the molecule is O=C(c1ccc(OC(F)(F)F)cc1)N1CCC(N2CCc3sccc3C2)CC1. The van der Waals surface area contributed by atoms with Gasteiger partial charge in [0.25, 0.3) is 5.91 Å². The van der Waals surface area contributed by atoms with E-state index in [9.17, 15) is 18.0 Å². The molecule has 0 unspecified atom stereocenters. The number of rotatable bonds is 3. The molecule has 1 fully saturated rings. The predicted molar refractivity (Wildman–Crippen MR) is 100 cm³/mol. The molecule has 0 saturated carbocycles. The maximum Gasteiger partial charge on any atom is 0.573 e. The molecule has 1 amide bonds. The summed E-state index contributed by atoms with van der Waals surface area (Å²) in [5.41, 5.74) is 1.81. The zero-order valence-corrected chi connectivity index (χ0v) is 16.1. The number of carbonyl (C=O) groups is 1. The predicted octanol–water partition coefficient (Wildman–Crippen LogP) is 4.31. The summed E-state index contributed by atoms with van der Waals surface area (Å²) in [6, 6.07) is 7.81. The van der Waals surface area contributed by atoms with E-state index in [2.05, 4.69) is 21.1 Å². The maximum atomic E-state index is 12.7. The van der Waals surface area contributed by atoms with E-state index in [-0.39, 0.29) is 11.7 Å². The fourth-order valence-electron chi connectivity index (χ4n) is 4.00. The van der Waals surface area contributed by atoms with E-state index < -0.39 is 6.36 Å². The lowest BCUT2D eigenvalue weighted by molar-refractivity contribution is -0.274. The van der Waals surface area contributed by atoms with Gasteiger partial charge in [-0.2, -0.15) is 0 Å². The van der Waals surface area contributed by atoms with E-state index in [1.807, 2.05) is 11.3 Å². The lowest BCUT2D eigenvalue weighted by Crippen LogP contribution is -2.47. The third-order valence-corrected chi connectivity index (χ3v) is 6.46. The largest absolute Gasteiger partial charge is 0.573 e. The minimum atomic E-state index is -4.73. The van der Waals surface area contributed by atoms with Gasteiger partial charge >= 0.3 is 6.36 Å². The van der Waals surface area contributed by atoms with Crippen LogP contribution in [-0.4, -0.2) is 47.7 Å². The van der Waals surface area contributed by atoms with Gasteiger partial charge in [0.05, 0.1) is 0 Å². The Labute approximate surface area is 165 Å². The fourth-order valence-corrected chi connectivity index (χ4v) is 4.89. The molecule has 2 aromatic rings. The number of fused-ring (bicyclic) bond motifs is 1. The van der Waals surface area contributed by atoms with Crippen LogP contribution in [0.4, 0.5) is 13.2 Å². The zero-order valence-electron chi connectivity index (χ0n) is 15.2. The van der Waals surface area contributed by atoms with Crippen molar-refractivity contribution in [2.75, 3.05) is 19.6 Å². The number of ether oxygens (including phenoxy) is 1. The van der Waals surface area contributed by atoms with Gasteiger partial charge in [-0.1, -0.05) is 0 Å². The Morgan fingerprint density at radius 3 is 2.46 bits per heavy atom. The Morgan fingerprint density at radius 2 is 1.79 bits per heavy atom. The van der Waals surface area contributed by atoms with Crippen molar-refractivity contribution in [3.8, 4) is 5.75 Å². The molecule has 0 aliphatic carbocycles. The fraction of sp³-hybridized carbons (Fsp3) is 0.450. The lowest BCUT2D eigenvalue weighted by atomic mass is 9.99. The number of amides is 1. The molecular formula is C20H21F3N2O2S. The van der Waals surface area contributed by atoms with E-state index in [1.54, 1.807) is 4.90 Å². The molecule has 4 nitrogen and oxygen atoms in total. The van der Waals surface area contributed by atoms with Crippen molar-refractivity contribution in [1.82, 2.24) is 9.80 Å². The molecule has 1 aromatic heterocycles. The highest BCUT2D eigenvalue weighted by Gasteiger charge is 2.32. The summed E-state index contributed by atoms with van der Waals surface area (Å²) in [7, 11) is 0. The molecule has 0 atom stereocenters. The number of piperidine rings is 1. The first-order valence-electron chi connectivity index (χ1n) is 9.33. The second-order valence-electron chi connectivity index (χ2n) is 7.19. The van der Waals surface area contributed by atoms with E-state index in [0.29, 0.717) is 24.7 Å². The summed E-state index contributed by atoms with van der Waals surface area (Å²) < 4.78 is 40.6. The third kappa shape index (κ3) is 4.33. The summed E-state index contributed by atoms with van der Waals surface area (Å²) in [6.45, 7) is 3.37. The van der Waals surface area contributed by atoms with Crippen LogP contribution in [0.25, 0.3) is 0 Å². The molecule has 0 spiro atoms. The van der Waals surface area contributed by atoms with Crippen LogP contribution in [0.15, 0.2) is 35.7 Å². The van der Waals surface area contributed by atoms with E-state index in [1.165, 1.54) is 34.7 Å². The van der Waals surface area contributed by atoms with Crippen molar-refractivity contribution >= 4 is 17.2 Å². The van der Waals surface area contributed by atoms with Crippen LogP contribution in [-0.2, 0) is 13.0 Å². The van der Waals surface area contributed by atoms with Crippen LogP contribution >= 0.6 is 11.3 Å². The van der Waals surface area contributed by atoms with E-state index >= 15 is 0 Å². The minimum absolute atomic E-state index is 0.143. The highest BCUT2D eigenvalue weighted by atomic mass is 32.1. The number of hydrogen-bond donors (Lipinski definition) is 0. The minimum Gasteiger partial charge on any atom is -0.406 e. The summed E-state index contributed by atoms with van der Waals surface area (Å²) in [6.07, 6.45) is -1.80. The molecule has 2 aliphatic heterocycles. The summed E-state index contributed by atoms with van der Waals surface area (Å²) in [5.74, 6) is -0.462. The van der Waals surface area contributed by atoms with Gasteiger partial charge in [-0.15, -0.1) is 24.5 Å². The van der Waals surface area contributed by atoms with Crippen LogP contribution < -0.4 is 4.74 Å². The topological polar surface area (TPSA) is 32.8 Å². The average molecular weight is 410 g/mol. The van der Waals surface area contributed by atoms with Crippen molar-refractivity contribution in [3.63, 3.8) is 0 Å². The highest BCUT2D eigenvalue weighted by molar-refractivity contribution is 7.10. The second-order valence-corrected chi connectivity index (χ2v) is 8.19. The van der Waals surface area contributed by atoms with Crippen molar-refractivity contribution in [3.05, 3.63) is 51.7 Å². The summed E-state index contributed by atoms with van der Waals surface area (Å²) >= 11 is 1.83. The molecule has 0 N–H and O–H groups in total. The van der Waals surface area contributed by atoms with Gasteiger partial charge in [-0.3, -0.25) is 9.69 Å². The van der Waals surface area contributed by atoms with Crippen LogP contribution in [0.3, 0.4) is 0 Å². The maximum absolute atomic E-state index is 12.7. The monoisotopic (exact) mass is 410 g/mol. The van der Waals surface area contributed by atoms with Crippen LogP contribution in [0.1, 0.15) is 33.6 Å². The molecule has 0 bridgehead atoms. The van der Waals surface area contributed by atoms with Gasteiger partial charge in [0.1, 0.15) is 5.75 Å². The van der Waals surface area contributed by atoms with Gasteiger partial charge in [0, 0.05) is 42.7 Å². The Balaban J connectivity index is 1.32. The first-order chi connectivity index (χ1) is 13.4. The van der Waals surface area contributed by atoms with Gasteiger partial charge in [-0.05, 0) is 60.5 Å². The number of likely N-dealkylation sites (tertiary alicyclic amines) is 1.